The zero-order valence-electron chi connectivity index (χ0n) is 15.5. The van der Waals surface area contributed by atoms with Crippen LogP contribution in [0.15, 0.2) is 48.8 Å². The first kappa shape index (κ1) is 16.7. The number of piperidine rings is 1. The Morgan fingerprint density at radius 3 is 2.60 bits per heavy atom. The molecule has 1 fully saturated rings. The molecule has 132 valence electrons. The van der Waals surface area contributed by atoms with Gasteiger partial charge in [0.2, 0.25) is 0 Å². The first-order valence-corrected chi connectivity index (χ1v) is 9.55. The molecule has 2 heterocycles. The summed E-state index contributed by atoms with van der Waals surface area (Å²) >= 11 is 0. The largest absolute Gasteiger partial charge is 0.302 e. The van der Waals surface area contributed by atoms with E-state index in [4.69, 9.17) is 0 Å². The van der Waals surface area contributed by atoms with Crippen molar-refractivity contribution in [1.82, 2.24) is 14.8 Å². The summed E-state index contributed by atoms with van der Waals surface area (Å²) in [5.74, 6) is 0. The molecule has 1 aliphatic heterocycles. The summed E-state index contributed by atoms with van der Waals surface area (Å²) in [7, 11) is 4.44. The minimum atomic E-state index is 0.397. The van der Waals surface area contributed by atoms with Crippen molar-refractivity contribution in [2.24, 2.45) is 0 Å². The molecule has 4 rings (SSSR count). The van der Waals surface area contributed by atoms with Crippen LogP contribution in [-0.4, -0.2) is 42.0 Å². The Hall–Kier alpha value is -1.71. The van der Waals surface area contributed by atoms with E-state index >= 15 is 0 Å². The predicted octanol–water partition coefficient (Wildman–Crippen LogP) is 4.01. The Morgan fingerprint density at radius 1 is 1.08 bits per heavy atom. The van der Waals surface area contributed by atoms with Crippen LogP contribution in [0.25, 0.3) is 0 Å². The number of pyridine rings is 1. The average molecular weight is 335 g/mol. The highest BCUT2D eigenvalue weighted by Crippen LogP contribution is 2.49. The van der Waals surface area contributed by atoms with Crippen molar-refractivity contribution in [1.29, 1.82) is 0 Å². The van der Waals surface area contributed by atoms with Crippen LogP contribution in [-0.2, 0) is 12.0 Å². The van der Waals surface area contributed by atoms with E-state index in [-0.39, 0.29) is 0 Å². The van der Waals surface area contributed by atoms with Gasteiger partial charge in [-0.05, 0) is 81.0 Å². The SMILES string of the molecule is CN(C)C1CCC2(CCN(Cc3cccnc3)CC2)c2ccccc21. The molecule has 25 heavy (non-hydrogen) atoms. The van der Waals surface area contributed by atoms with Gasteiger partial charge in [-0.1, -0.05) is 30.3 Å². The summed E-state index contributed by atoms with van der Waals surface area (Å²) in [6.07, 6.45) is 9.03. The van der Waals surface area contributed by atoms with Gasteiger partial charge < -0.3 is 4.90 Å². The third-order valence-corrected chi connectivity index (χ3v) is 6.35. The van der Waals surface area contributed by atoms with Crippen molar-refractivity contribution < 1.29 is 0 Å². The monoisotopic (exact) mass is 335 g/mol. The van der Waals surface area contributed by atoms with E-state index in [1.54, 1.807) is 11.1 Å². The highest BCUT2D eigenvalue weighted by atomic mass is 15.1. The molecule has 1 atom stereocenters. The van der Waals surface area contributed by atoms with Crippen molar-refractivity contribution in [3.8, 4) is 0 Å². The number of benzene rings is 1. The number of nitrogens with zero attached hydrogens (tertiary/aromatic N) is 3. The van der Waals surface area contributed by atoms with Crippen molar-refractivity contribution in [2.45, 2.75) is 43.7 Å². The van der Waals surface area contributed by atoms with Crippen LogP contribution < -0.4 is 0 Å². The second kappa shape index (κ2) is 6.89. The minimum Gasteiger partial charge on any atom is -0.302 e. The Morgan fingerprint density at radius 2 is 1.88 bits per heavy atom. The van der Waals surface area contributed by atoms with Crippen molar-refractivity contribution in [3.05, 3.63) is 65.5 Å². The molecule has 1 unspecified atom stereocenters. The second-order valence-corrected chi connectivity index (χ2v) is 8.02. The fourth-order valence-electron chi connectivity index (χ4n) is 4.92. The lowest BCUT2D eigenvalue weighted by Crippen LogP contribution is -2.45. The van der Waals surface area contributed by atoms with Crippen LogP contribution in [0.1, 0.15) is 48.4 Å². The number of hydrogen-bond donors (Lipinski definition) is 0. The van der Waals surface area contributed by atoms with E-state index in [0.717, 1.165) is 6.54 Å². The van der Waals surface area contributed by atoms with Gasteiger partial charge in [-0.15, -0.1) is 0 Å². The van der Waals surface area contributed by atoms with Crippen molar-refractivity contribution in [3.63, 3.8) is 0 Å². The number of fused-ring (bicyclic) bond motifs is 2. The van der Waals surface area contributed by atoms with Crippen LogP contribution in [0.3, 0.4) is 0 Å². The van der Waals surface area contributed by atoms with Crippen LogP contribution >= 0.6 is 0 Å². The fourth-order valence-corrected chi connectivity index (χ4v) is 4.92. The van der Waals surface area contributed by atoms with Gasteiger partial charge in [-0.25, -0.2) is 0 Å². The normalized spacial score (nSPS) is 22.9. The van der Waals surface area contributed by atoms with E-state index in [1.165, 1.54) is 44.3 Å². The molecule has 0 radical (unpaired) electrons. The highest BCUT2D eigenvalue weighted by molar-refractivity contribution is 5.39. The molecule has 3 nitrogen and oxygen atoms in total. The zero-order valence-corrected chi connectivity index (χ0v) is 15.5. The lowest BCUT2D eigenvalue weighted by molar-refractivity contribution is 0.122. The first-order valence-electron chi connectivity index (χ1n) is 9.55. The number of likely N-dealkylation sites (tertiary alicyclic amines) is 1. The third kappa shape index (κ3) is 3.23. The quantitative estimate of drug-likeness (QED) is 0.845. The van der Waals surface area contributed by atoms with Gasteiger partial charge in [0.05, 0.1) is 0 Å². The highest BCUT2D eigenvalue weighted by Gasteiger charge is 2.42. The van der Waals surface area contributed by atoms with Gasteiger partial charge in [-0.2, -0.15) is 0 Å². The molecule has 0 saturated carbocycles. The molecule has 2 aromatic rings. The summed E-state index contributed by atoms with van der Waals surface area (Å²) in [4.78, 5) is 9.25. The lowest BCUT2D eigenvalue weighted by atomic mass is 9.63. The molecule has 3 heteroatoms. The topological polar surface area (TPSA) is 19.4 Å². The van der Waals surface area contributed by atoms with Gasteiger partial charge in [0, 0.05) is 25.0 Å². The fraction of sp³-hybridized carbons (Fsp3) is 0.500. The number of hydrogen-bond acceptors (Lipinski definition) is 3. The van der Waals surface area contributed by atoms with Gasteiger partial charge >= 0.3 is 0 Å². The molecule has 1 spiro atoms. The van der Waals surface area contributed by atoms with E-state index in [9.17, 15) is 0 Å². The smallest absolute Gasteiger partial charge is 0.0345 e. The number of aromatic nitrogens is 1. The van der Waals surface area contributed by atoms with Crippen LogP contribution in [0, 0.1) is 0 Å². The summed E-state index contributed by atoms with van der Waals surface area (Å²) in [5.41, 5.74) is 4.92. The summed E-state index contributed by atoms with van der Waals surface area (Å²) in [5, 5.41) is 0. The molecular weight excluding hydrogens is 306 g/mol. The van der Waals surface area contributed by atoms with E-state index < -0.39 is 0 Å². The van der Waals surface area contributed by atoms with Crippen LogP contribution in [0.2, 0.25) is 0 Å². The maximum Gasteiger partial charge on any atom is 0.0345 e. The minimum absolute atomic E-state index is 0.397. The maximum absolute atomic E-state index is 4.26. The van der Waals surface area contributed by atoms with Gasteiger partial charge in [-0.3, -0.25) is 9.88 Å². The Balaban J connectivity index is 1.51. The molecule has 1 aliphatic carbocycles. The standard InChI is InChI=1S/C22H29N3/c1-24(2)21-9-10-22(20-8-4-3-7-19(20)21)11-14-25(15-12-22)17-18-6-5-13-23-16-18/h3-8,13,16,21H,9-12,14-15,17H2,1-2H3. The molecule has 2 aliphatic rings. The van der Waals surface area contributed by atoms with Crippen LogP contribution in [0.5, 0.6) is 0 Å². The Labute approximate surface area is 151 Å². The summed E-state index contributed by atoms with van der Waals surface area (Å²) in [6.45, 7) is 3.41. The molecule has 0 N–H and O–H groups in total. The number of rotatable bonds is 3. The second-order valence-electron chi connectivity index (χ2n) is 8.02. The van der Waals surface area contributed by atoms with Crippen molar-refractivity contribution in [2.75, 3.05) is 27.2 Å². The lowest BCUT2D eigenvalue weighted by Gasteiger charge is -2.48. The summed E-state index contributed by atoms with van der Waals surface area (Å²) in [6, 6.07) is 14.0. The predicted molar refractivity (Wildman–Crippen MR) is 103 cm³/mol. The van der Waals surface area contributed by atoms with E-state index in [0.29, 0.717) is 11.5 Å². The van der Waals surface area contributed by atoms with Gasteiger partial charge in [0.1, 0.15) is 0 Å². The van der Waals surface area contributed by atoms with E-state index in [1.807, 2.05) is 18.5 Å². The van der Waals surface area contributed by atoms with E-state index in [2.05, 4.69) is 59.2 Å². The first-order chi connectivity index (χ1) is 12.2. The average Bonchev–Trinajstić information content (AvgIpc) is 2.65. The zero-order chi connectivity index (χ0) is 17.3. The third-order valence-electron chi connectivity index (χ3n) is 6.35. The molecular formula is C22H29N3. The maximum atomic E-state index is 4.26. The van der Waals surface area contributed by atoms with Gasteiger partial charge in [0.25, 0.3) is 0 Å². The van der Waals surface area contributed by atoms with Crippen LogP contribution in [0.4, 0.5) is 0 Å². The molecule has 1 saturated heterocycles. The molecule has 0 amide bonds. The van der Waals surface area contributed by atoms with Gasteiger partial charge in [0.15, 0.2) is 0 Å². The molecule has 0 bridgehead atoms. The molecule has 1 aromatic carbocycles. The Kier molecular flexibility index (Phi) is 4.61. The molecule has 1 aromatic heterocycles. The summed E-state index contributed by atoms with van der Waals surface area (Å²) < 4.78 is 0. The Bertz CT molecular complexity index is 702. The van der Waals surface area contributed by atoms with Crippen molar-refractivity contribution >= 4 is 0 Å².